The van der Waals surface area contributed by atoms with Crippen LogP contribution in [0, 0.1) is 6.92 Å². The van der Waals surface area contributed by atoms with E-state index >= 15 is 0 Å². The molecule has 1 aliphatic carbocycles. The minimum absolute atomic E-state index is 0.0986. The van der Waals surface area contributed by atoms with Crippen molar-refractivity contribution in [2.75, 3.05) is 0 Å². The molecule has 0 spiro atoms. The molecule has 3 aromatic heterocycles. The molecule has 0 aliphatic heterocycles. The lowest BCUT2D eigenvalue weighted by Crippen LogP contribution is -2.25. The van der Waals surface area contributed by atoms with E-state index in [0.717, 1.165) is 21.9 Å². The van der Waals surface area contributed by atoms with Crippen molar-refractivity contribution in [2.45, 2.75) is 32.4 Å². The van der Waals surface area contributed by atoms with Gasteiger partial charge in [0.05, 0.1) is 24.3 Å². The van der Waals surface area contributed by atoms with Crippen molar-refractivity contribution in [1.29, 1.82) is 0 Å². The Morgan fingerprint density at radius 1 is 1.33 bits per heavy atom. The first-order valence-corrected chi connectivity index (χ1v) is 9.90. The highest BCUT2D eigenvalue weighted by molar-refractivity contribution is 7.15. The van der Waals surface area contributed by atoms with Crippen LogP contribution in [0.2, 0.25) is 0 Å². The average Bonchev–Trinajstić information content (AvgIpc) is 3.08. The summed E-state index contributed by atoms with van der Waals surface area (Å²) in [4.78, 5) is 22.5. The van der Waals surface area contributed by atoms with Gasteiger partial charge in [0.15, 0.2) is 4.96 Å². The van der Waals surface area contributed by atoms with E-state index in [1.807, 2.05) is 40.6 Å². The second-order valence-corrected chi connectivity index (χ2v) is 7.76. The van der Waals surface area contributed by atoms with Gasteiger partial charge >= 0.3 is 0 Å². The summed E-state index contributed by atoms with van der Waals surface area (Å²) in [6, 6.07) is 8.70. The molecule has 4 aromatic rings. The van der Waals surface area contributed by atoms with Crippen LogP contribution in [0.3, 0.4) is 0 Å². The third-order valence-corrected chi connectivity index (χ3v) is 5.82. The molecule has 0 bridgehead atoms. The summed E-state index contributed by atoms with van der Waals surface area (Å²) in [7, 11) is 0. The Kier molecular flexibility index (Phi) is 3.82. The molecule has 0 unspecified atom stereocenters. The van der Waals surface area contributed by atoms with Crippen LogP contribution in [-0.4, -0.2) is 24.8 Å². The molecule has 1 fully saturated rings. The second-order valence-electron chi connectivity index (χ2n) is 6.92. The zero-order valence-electron chi connectivity index (χ0n) is 14.9. The summed E-state index contributed by atoms with van der Waals surface area (Å²) in [5.74, 6) is -0.0986. The van der Waals surface area contributed by atoms with E-state index in [-0.39, 0.29) is 5.91 Å². The first-order valence-electron chi connectivity index (χ1n) is 9.02. The van der Waals surface area contributed by atoms with Gasteiger partial charge in [-0.2, -0.15) is 0 Å². The fourth-order valence-corrected chi connectivity index (χ4v) is 4.20. The molecular formula is C20H19N5OS. The number of hydrogen-bond acceptors (Lipinski definition) is 4. The van der Waals surface area contributed by atoms with Gasteiger partial charge in [0.1, 0.15) is 5.69 Å². The number of aryl methyl sites for hydroxylation is 1. The number of nitrogens with zero attached hydrogens (tertiary/aromatic N) is 4. The van der Waals surface area contributed by atoms with Gasteiger partial charge in [0.25, 0.3) is 5.91 Å². The van der Waals surface area contributed by atoms with Crippen LogP contribution in [0.4, 0.5) is 0 Å². The van der Waals surface area contributed by atoms with Crippen molar-refractivity contribution >= 4 is 22.2 Å². The molecule has 3 heterocycles. The normalized spacial score (nSPS) is 14.0. The summed E-state index contributed by atoms with van der Waals surface area (Å²) in [6.45, 7) is 2.55. The van der Waals surface area contributed by atoms with E-state index < -0.39 is 0 Å². The number of fused-ring (bicyclic) bond motifs is 1. The summed E-state index contributed by atoms with van der Waals surface area (Å²) < 4.78 is 4.04. The van der Waals surface area contributed by atoms with Crippen LogP contribution in [0.1, 0.15) is 40.6 Å². The number of carbonyl (C=O) groups excluding carboxylic acids is 1. The molecule has 7 heteroatoms. The number of thiazole rings is 1. The molecule has 1 N–H and O–H groups in total. The SMILES string of the molecule is Cc1ccccc1-c1cn2c(C(=O)NCc3cncn3C3CC3)csc2n1. The topological polar surface area (TPSA) is 64.2 Å². The van der Waals surface area contributed by atoms with Crippen molar-refractivity contribution in [3.8, 4) is 11.3 Å². The number of nitrogens with one attached hydrogen (secondary N) is 1. The van der Waals surface area contributed by atoms with Crippen molar-refractivity contribution in [2.24, 2.45) is 0 Å². The molecule has 136 valence electrons. The predicted octanol–water partition coefficient (Wildman–Crippen LogP) is 3.83. The van der Waals surface area contributed by atoms with E-state index in [4.69, 9.17) is 0 Å². The van der Waals surface area contributed by atoms with Crippen LogP contribution in [0.25, 0.3) is 16.2 Å². The molecule has 1 aromatic carbocycles. The number of carbonyl (C=O) groups is 1. The summed E-state index contributed by atoms with van der Waals surface area (Å²) in [5.41, 5.74) is 4.81. The maximum Gasteiger partial charge on any atom is 0.269 e. The lowest BCUT2D eigenvalue weighted by molar-refractivity contribution is 0.0944. The molecule has 0 atom stereocenters. The van der Waals surface area contributed by atoms with Crippen molar-refractivity contribution in [3.63, 3.8) is 0 Å². The minimum Gasteiger partial charge on any atom is -0.345 e. The van der Waals surface area contributed by atoms with Crippen LogP contribution in [0.5, 0.6) is 0 Å². The van der Waals surface area contributed by atoms with Crippen LogP contribution in [0.15, 0.2) is 48.4 Å². The molecule has 0 radical (unpaired) electrons. The zero-order valence-corrected chi connectivity index (χ0v) is 15.7. The van der Waals surface area contributed by atoms with Crippen molar-refractivity contribution in [3.05, 3.63) is 65.3 Å². The number of hydrogen-bond donors (Lipinski definition) is 1. The predicted molar refractivity (Wildman–Crippen MR) is 105 cm³/mol. The maximum absolute atomic E-state index is 12.7. The fraction of sp³-hybridized carbons (Fsp3) is 0.250. The van der Waals surface area contributed by atoms with Gasteiger partial charge in [-0.05, 0) is 25.3 Å². The van der Waals surface area contributed by atoms with Crippen LogP contribution >= 0.6 is 11.3 Å². The quantitative estimate of drug-likeness (QED) is 0.575. The van der Waals surface area contributed by atoms with E-state index in [9.17, 15) is 4.79 Å². The lowest BCUT2D eigenvalue weighted by Gasteiger charge is -2.07. The summed E-state index contributed by atoms with van der Waals surface area (Å²) in [5, 5.41) is 4.88. The van der Waals surface area contributed by atoms with E-state index in [2.05, 4.69) is 38.9 Å². The van der Waals surface area contributed by atoms with Gasteiger partial charge < -0.3 is 9.88 Å². The molecule has 1 saturated carbocycles. The highest BCUT2D eigenvalue weighted by Crippen LogP contribution is 2.35. The van der Waals surface area contributed by atoms with Gasteiger partial charge in [-0.15, -0.1) is 11.3 Å². The third-order valence-electron chi connectivity index (χ3n) is 4.98. The largest absolute Gasteiger partial charge is 0.345 e. The standard InChI is InChI=1S/C20H19N5OS/c1-13-4-2-3-5-16(13)17-10-24-18(11-27-20(24)23-17)19(26)22-9-15-8-21-12-25(15)14-6-7-14/h2-5,8,10-12,14H,6-7,9H2,1H3,(H,22,26). The molecule has 1 aliphatic rings. The minimum atomic E-state index is -0.0986. The molecule has 1 amide bonds. The summed E-state index contributed by atoms with van der Waals surface area (Å²) >= 11 is 1.48. The van der Waals surface area contributed by atoms with E-state index in [1.165, 1.54) is 29.7 Å². The molecule has 5 rings (SSSR count). The summed E-state index contributed by atoms with van der Waals surface area (Å²) in [6.07, 6.45) is 8.01. The number of amides is 1. The second kappa shape index (κ2) is 6.35. The van der Waals surface area contributed by atoms with Gasteiger partial charge in [0, 0.05) is 29.4 Å². The van der Waals surface area contributed by atoms with Crippen molar-refractivity contribution < 1.29 is 4.79 Å². The van der Waals surface area contributed by atoms with Crippen LogP contribution < -0.4 is 5.32 Å². The van der Waals surface area contributed by atoms with Crippen LogP contribution in [-0.2, 0) is 6.54 Å². The smallest absolute Gasteiger partial charge is 0.269 e. The third kappa shape index (κ3) is 2.94. The Balaban J connectivity index is 1.39. The Bertz CT molecular complexity index is 1130. The number of benzene rings is 1. The fourth-order valence-electron chi connectivity index (χ4n) is 3.35. The van der Waals surface area contributed by atoms with E-state index in [1.54, 1.807) is 0 Å². The highest BCUT2D eigenvalue weighted by Gasteiger charge is 2.25. The molecule has 6 nitrogen and oxygen atoms in total. The Morgan fingerprint density at radius 2 is 2.19 bits per heavy atom. The van der Waals surface area contributed by atoms with Gasteiger partial charge in [-0.3, -0.25) is 9.20 Å². The van der Waals surface area contributed by atoms with Gasteiger partial charge in [-0.1, -0.05) is 24.3 Å². The Labute approximate surface area is 160 Å². The molecule has 27 heavy (non-hydrogen) atoms. The van der Waals surface area contributed by atoms with Crippen molar-refractivity contribution in [1.82, 2.24) is 24.3 Å². The Morgan fingerprint density at radius 3 is 3.00 bits per heavy atom. The zero-order chi connectivity index (χ0) is 18.4. The molecule has 0 saturated heterocycles. The monoisotopic (exact) mass is 377 g/mol. The van der Waals surface area contributed by atoms with Gasteiger partial charge in [-0.25, -0.2) is 9.97 Å². The molecular weight excluding hydrogens is 358 g/mol. The number of imidazole rings is 2. The first-order chi connectivity index (χ1) is 13.2. The number of rotatable bonds is 5. The van der Waals surface area contributed by atoms with E-state index in [0.29, 0.717) is 18.3 Å². The number of aromatic nitrogens is 4. The first kappa shape index (κ1) is 16.3. The lowest BCUT2D eigenvalue weighted by atomic mass is 10.1. The highest BCUT2D eigenvalue weighted by atomic mass is 32.1. The average molecular weight is 377 g/mol. The maximum atomic E-state index is 12.7. The van der Waals surface area contributed by atoms with Gasteiger partial charge in [0.2, 0.25) is 0 Å². The Hall–Kier alpha value is -2.93.